The van der Waals surface area contributed by atoms with Crippen LogP contribution in [0.25, 0.3) is 0 Å². The van der Waals surface area contributed by atoms with Crippen LogP contribution in [0.3, 0.4) is 0 Å². The Morgan fingerprint density at radius 3 is 1.93 bits per heavy atom. The molecule has 7 N–H and O–H groups in total. The maximum absolute atomic E-state index is 12.7. The lowest BCUT2D eigenvalue weighted by Crippen LogP contribution is -2.56. The van der Waals surface area contributed by atoms with Crippen molar-refractivity contribution in [2.45, 2.75) is 50.9 Å². The summed E-state index contributed by atoms with van der Waals surface area (Å²) in [6.07, 6.45) is -0.681. The minimum Gasteiger partial charge on any atom is -0.481 e. The largest absolute Gasteiger partial charge is 0.481 e. The molecule has 0 aromatic heterocycles. The fraction of sp³-hybridized carbons (Fsp3) is 0.421. The number of rotatable bonds is 11. The van der Waals surface area contributed by atoms with Crippen molar-refractivity contribution in [1.82, 2.24) is 16.0 Å². The molecular weight excluding hydrogens is 396 g/mol. The van der Waals surface area contributed by atoms with E-state index in [-0.39, 0.29) is 6.42 Å². The first-order valence-electron chi connectivity index (χ1n) is 9.16. The summed E-state index contributed by atoms with van der Waals surface area (Å²) in [6.45, 7) is 2.76. The van der Waals surface area contributed by atoms with Crippen molar-refractivity contribution >= 4 is 29.7 Å². The molecule has 11 heteroatoms. The standard InChI is InChI=1S/C19H26N4O7/c1-10(20)16(26)22-13(8-12-6-4-3-5-7-12)18(28)21-11(2)17(27)23-14(19(29)30)9-15(24)25/h3-7,10-11,13-14H,8-9,20H2,1-2H3,(H,21,28)(H,22,26)(H,23,27)(H,24,25)(H,29,30). The fourth-order valence-electron chi connectivity index (χ4n) is 2.41. The van der Waals surface area contributed by atoms with E-state index in [9.17, 15) is 24.0 Å². The number of carbonyl (C=O) groups excluding carboxylic acids is 3. The lowest BCUT2D eigenvalue weighted by atomic mass is 10.0. The van der Waals surface area contributed by atoms with E-state index >= 15 is 0 Å². The second-order valence-corrected chi connectivity index (χ2v) is 6.77. The molecule has 0 fully saturated rings. The van der Waals surface area contributed by atoms with Gasteiger partial charge in [0.1, 0.15) is 18.1 Å². The van der Waals surface area contributed by atoms with Gasteiger partial charge in [-0.25, -0.2) is 4.79 Å². The molecule has 0 bridgehead atoms. The number of carboxylic acid groups (broad SMARTS) is 2. The van der Waals surface area contributed by atoms with Gasteiger partial charge in [-0.15, -0.1) is 0 Å². The molecule has 0 aliphatic carbocycles. The van der Waals surface area contributed by atoms with Crippen molar-refractivity contribution in [1.29, 1.82) is 0 Å². The Morgan fingerprint density at radius 2 is 1.43 bits per heavy atom. The van der Waals surface area contributed by atoms with Crippen molar-refractivity contribution in [3.63, 3.8) is 0 Å². The van der Waals surface area contributed by atoms with E-state index in [4.69, 9.17) is 15.9 Å². The highest BCUT2D eigenvalue weighted by molar-refractivity contribution is 5.94. The zero-order valence-electron chi connectivity index (χ0n) is 16.6. The minimum absolute atomic E-state index is 0.135. The number of nitrogens with two attached hydrogens (primary N) is 1. The number of benzene rings is 1. The number of nitrogens with one attached hydrogen (secondary N) is 3. The Kier molecular flexibility index (Phi) is 9.43. The second-order valence-electron chi connectivity index (χ2n) is 6.77. The topological polar surface area (TPSA) is 188 Å². The molecule has 1 aromatic carbocycles. The van der Waals surface area contributed by atoms with Crippen molar-refractivity contribution in [2.75, 3.05) is 0 Å². The van der Waals surface area contributed by atoms with Gasteiger partial charge in [-0.1, -0.05) is 30.3 Å². The second kappa shape index (κ2) is 11.5. The first kappa shape index (κ1) is 24.6. The number of carbonyl (C=O) groups is 5. The predicted molar refractivity (Wildman–Crippen MR) is 105 cm³/mol. The third-order valence-corrected chi connectivity index (χ3v) is 4.07. The van der Waals surface area contributed by atoms with Crippen LogP contribution in [-0.4, -0.2) is 64.0 Å². The van der Waals surface area contributed by atoms with Gasteiger partial charge in [0.05, 0.1) is 12.5 Å². The van der Waals surface area contributed by atoms with Gasteiger partial charge in [-0.3, -0.25) is 19.2 Å². The van der Waals surface area contributed by atoms with Crippen LogP contribution in [0.5, 0.6) is 0 Å². The van der Waals surface area contributed by atoms with Crippen molar-refractivity contribution in [3.8, 4) is 0 Å². The molecule has 1 rings (SSSR count). The third kappa shape index (κ3) is 8.27. The first-order valence-corrected chi connectivity index (χ1v) is 9.16. The number of hydrogen-bond acceptors (Lipinski definition) is 6. The van der Waals surface area contributed by atoms with E-state index < -0.39 is 60.2 Å². The first-order chi connectivity index (χ1) is 14.0. The number of carboxylic acids is 2. The van der Waals surface area contributed by atoms with Crippen LogP contribution in [0.15, 0.2) is 30.3 Å². The van der Waals surface area contributed by atoms with Crippen LogP contribution < -0.4 is 21.7 Å². The zero-order chi connectivity index (χ0) is 22.8. The van der Waals surface area contributed by atoms with Crippen LogP contribution in [0, 0.1) is 0 Å². The summed E-state index contributed by atoms with van der Waals surface area (Å²) in [6, 6.07) is 4.13. The van der Waals surface area contributed by atoms with Crippen LogP contribution in [0.2, 0.25) is 0 Å². The fourth-order valence-corrected chi connectivity index (χ4v) is 2.41. The molecule has 3 amide bonds. The van der Waals surface area contributed by atoms with Crippen LogP contribution in [0.4, 0.5) is 0 Å². The van der Waals surface area contributed by atoms with Gasteiger partial charge in [0.15, 0.2) is 0 Å². The molecule has 164 valence electrons. The highest BCUT2D eigenvalue weighted by Crippen LogP contribution is 2.05. The maximum Gasteiger partial charge on any atom is 0.326 e. The Balaban J connectivity index is 2.84. The zero-order valence-corrected chi connectivity index (χ0v) is 16.6. The summed E-state index contributed by atoms with van der Waals surface area (Å²) < 4.78 is 0. The average Bonchev–Trinajstić information content (AvgIpc) is 2.66. The van der Waals surface area contributed by atoms with Gasteiger partial charge < -0.3 is 31.9 Å². The summed E-state index contributed by atoms with van der Waals surface area (Å²) in [5.41, 5.74) is 6.30. The molecule has 0 saturated heterocycles. The highest BCUT2D eigenvalue weighted by Gasteiger charge is 2.28. The maximum atomic E-state index is 12.7. The molecule has 0 aliphatic rings. The summed E-state index contributed by atoms with van der Waals surface area (Å²) in [5, 5.41) is 24.7. The van der Waals surface area contributed by atoms with E-state index in [1.54, 1.807) is 30.3 Å². The van der Waals surface area contributed by atoms with Gasteiger partial charge in [0.2, 0.25) is 17.7 Å². The molecule has 1 aromatic rings. The highest BCUT2D eigenvalue weighted by atomic mass is 16.4. The molecule has 0 heterocycles. The molecule has 0 radical (unpaired) electrons. The Morgan fingerprint density at radius 1 is 0.867 bits per heavy atom. The Labute approximate surface area is 173 Å². The summed E-state index contributed by atoms with van der Waals surface area (Å²) >= 11 is 0. The summed E-state index contributed by atoms with van der Waals surface area (Å²) in [4.78, 5) is 58.6. The SMILES string of the molecule is CC(N)C(=O)NC(Cc1ccccc1)C(=O)NC(C)C(=O)NC(CC(=O)O)C(=O)O. The van der Waals surface area contributed by atoms with Gasteiger partial charge in [-0.2, -0.15) is 0 Å². The summed E-state index contributed by atoms with van der Waals surface area (Å²) in [7, 11) is 0. The van der Waals surface area contributed by atoms with Gasteiger partial charge in [0.25, 0.3) is 0 Å². The monoisotopic (exact) mass is 422 g/mol. The predicted octanol–water partition coefficient (Wildman–Crippen LogP) is -1.39. The molecule has 30 heavy (non-hydrogen) atoms. The minimum atomic E-state index is -1.65. The molecule has 4 atom stereocenters. The average molecular weight is 422 g/mol. The molecule has 4 unspecified atom stereocenters. The number of aliphatic carboxylic acids is 2. The van der Waals surface area contributed by atoms with Crippen molar-refractivity contribution in [3.05, 3.63) is 35.9 Å². The molecule has 0 saturated carbocycles. The third-order valence-electron chi connectivity index (χ3n) is 4.07. The lowest BCUT2D eigenvalue weighted by molar-refractivity contribution is -0.147. The van der Waals surface area contributed by atoms with E-state index in [2.05, 4.69) is 16.0 Å². The molecule has 0 aliphatic heterocycles. The molecular formula is C19H26N4O7. The Bertz CT molecular complexity index is 782. The van der Waals surface area contributed by atoms with E-state index in [1.807, 2.05) is 0 Å². The van der Waals surface area contributed by atoms with Gasteiger partial charge in [-0.05, 0) is 19.4 Å². The van der Waals surface area contributed by atoms with Gasteiger partial charge >= 0.3 is 11.9 Å². The van der Waals surface area contributed by atoms with Crippen LogP contribution in [-0.2, 0) is 30.4 Å². The smallest absolute Gasteiger partial charge is 0.326 e. The van der Waals surface area contributed by atoms with Crippen molar-refractivity contribution < 1.29 is 34.2 Å². The quantitative estimate of drug-likeness (QED) is 0.251. The van der Waals surface area contributed by atoms with Crippen molar-refractivity contribution in [2.24, 2.45) is 5.73 Å². The number of amides is 3. The van der Waals surface area contributed by atoms with E-state index in [1.165, 1.54) is 13.8 Å². The normalized spacial score (nSPS) is 14.5. The molecule has 11 nitrogen and oxygen atoms in total. The van der Waals surface area contributed by atoms with E-state index in [0.29, 0.717) is 0 Å². The van der Waals surface area contributed by atoms with Crippen LogP contribution in [0.1, 0.15) is 25.8 Å². The lowest BCUT2D eigenvalue weighted by Gasteiger charge is -2.23. The summed E-state index contributed by atoms with van der Waals surface area (Å²) in [5.74, 6) is -5.04. The number of hydrogen-bond donors (Lipinski definition) is 6. The molecule has 0 spiro atoms. The van der Waals surface area contributed by atoms with Crippen LogP contribution >= 0.6 is 0 Å². The van der Waals surface area contributed by atoms with E-state index in [0.717, 1.165) is 5.56 Å². The Hall–Kier alpha value is -3.47. The van der Waals surface area contributed by atoms with Gasteiger partial charge in [0, 0.05) is 6.42 Å².